The van der Waals surface area contributed by atoms with Gasteiger partial charge in [-0.25, -0.2) is 0 Å². The van der Waals surface area contributed by atoms with E-state index in [0.29, 0.717) is 6.61 Å². The van der Waals surface area contributed by atoms with Crippen LogP contribution in [0.1, 0.15) is 26.2 Å². The lowest BCUT2D eigenvalue weighted by Crippen LogP contribution is -2.41. The molecule has 2 saturated heterocycles. The van der Waals surface area contributed by atoms with Gasteiger partial charge in [0.1, 0.15) is 0 Å². The summed E-state index contributed by atoms with van der Waals surface area (Å²) in [6.07, 6.45) is 5.74. The highest BCUT2D eigenvalue weighted by atomic mass is 16.3. The average molecular weight is 167 g/mol. The summed E-state index contributed by atoms with van der Waals surface area (Å²) >= 11 is 0. The second-order valence-electron chi connectivity index (χ2n) is 4.03. The second-order valence-corrected chi connectivity index (χ2v) is 4.03. The molecule has 0 spiro atoms. The van der Waals surface area contributed by atoms with Crippen LogP contribution in [0.5, 0.6) is 0 Å². The first-order valence-electron chi connectivity index (χ1n) is 4.81. The van der Waals surface area contributed by atoms with Crippen molar-refractivity contribution in [3.05, 3.63) is 11.6 Å². The Morgan fingerprint density at radius 1 is 1.67 bits per heavy atom. The molecule has 1 atom stereocenters. The van der Waals surface area contributed by atoms with E-state index in [1.54, 1.807) is 0 Å². The summed E-state index contributed by atoms with van der Waals surface area (Å²) in [5, 5.41) is 9.37. The zero-order valence-electron chi connectivity index (χ0n) is 7.71. The van der Waals surface area contributed by atoms with Crippen molar-refractivity contribution < 1.29 is 5.11 Å². The first-order chi connectivity index (χ1) is 5.80. The Bertz CT molecular complexity index is 212. The molecule has 1 N–H and O–H groups in total. The maximum atomic E-state index is 9.37. The molecule has 2 aliphatic heterocycles. The fraction of sp³-hybridized carbons (Fsp3) is 0.800. The molecular formula is C10H17NO. The van der Waals surface area contributed by atoms with Crippen molar-refractivity contribution in [2.75, 3.05) is 19.7 Å². The molecule has 0 aromatic rings. The van der Waals surface area contributed by atoms with Crippen LogP contribution in [0.25, 0.3) is 0 Å². The van der Waals surface area contributed by atoms with Gasteiger partial charge in [-0.1, -0.05) is 11.6 Å². The number of aliphatic hydroxyl groups is 1. The highest BCUT2D eigenvalue weighted by molar-refractivity contribution is 5.19. The minimum absolute atomic E-state index is 0.141. The topological polar surface area (TPSA) is 23.5 Å². The molecule has 1 unspecified atom stereocenters. The van der Waals surface area contributed by atoms with Crippen molar-refractivity contribution in [3.63, 3.8) is 0 Å². The van der Waals surface area contributed by atoms with Gasteiger partial charge in [-0.05, 0) is 32.7 Å². The molecule has 0 aliphatic carbocycles. The Morgan fingerprint density at radius 3 is 3.08 bits per heavy atom. The van der Waals surface area contributed by atoms with Gasteiger partial charge < -0.3 is 5.11 Å². The number of aliphatic hydroxyl groups excluding tert-OH is 1. The zero-order valence-corrected chi connectivity index (χ0v) is 7.71. The molecule has 2 heterocycles. The van der Waals surface area contributed by atoms with Gasteiger partial charge in [-0.2, -0.15) is 0 Å². The molecule has 2 nitrogen and oxygen atoms in total. The normalized spacial score (nSPS) is 39.3. The predicted molar refractivity (Wildman–Crippen MR) is 49.0 cm³/mol. The van der Waals surface area contributed by atoms with E-state index in [-0.39, 0.29) is 5.54 Å². The quantitative estimate of drug-likeness (QED) is 0.592. The van der Waals surface area contributed by atoms with E-state index in [9.17, 15) is 5.11 Å². The third kappa shape index (κ3) is 1.02. The minimum Gasteiger partial charge on any atom is -0.394 e. The molecule has 2 heteroatoms. The molecule has 2 rings (SSSR count). The summed E-state index contributed by atoms with van der Waals surface area (Å²) in [5.41, 5.74) is 1.64. The van der Waals surface area contributed by atoms with Crippen molar-refractivity contribution in [2.45, 2.75) is 31.7 Å². The number of hydrogen-bond acceptors (Lipinski definition) is 2. The summed E-state index contributed by atoms with van der Waals surface area (Å²) in [6.45, 7) is 4.71. The van der Waals surface area contributed by atoms with Gasteiger partial charge >= 0.3 is 0 Å². The van der Waals surface area contributed by atoms with Gasteiger partial charge in [-0.3, -0.25) is 4.90 Å². The zero-order chi connectivity index (χ0) is 8.60. The van der Waals surface area contributed by atoms with Crippen LogP contribution in [-0.2, 0) is 0 Å². The molecule has 0 saturated carbocycles. The van der Waals surface area contributed by atoms with Crippen LogP contribution in [0.3, 0.4) is 0 Å². The minimum atomic E-state index is 0.141. The van der Waals surface area contributed by atoms with Crippen molar-refractivity contribution in [1.29, 1.82) is 0 Å². The first-order valence-corrected chi connectivity index (χ1v) is 4.81. The number of fused-ring (bicyclic) bond motifs is 1. The summed E-state index contributed by atoms with van der Waals surface area (Å²) in [6, 6.07) is 0. The largest absolute Gasteiger partial charge is 0.394 e. The molecule has 2 fully saturated rings. The monoisotopic (exact) mass is 167 g/mol. The van der Waals surface area contributed by atoms with E-state index in [1.165, 1.54) is 25.0 Å². The number of rotatable bonds is 1. The Hall–Kier alpha value is -0.340. The van der Waals surface area contributed by atoms with Crippen LogP contribution in [0.2, 0.25) is 0 Å². The standard InChI is InChI=1S/C10H17NO/c1-2-9-6-10(8-12)4-3-5-11(10)7-9/h2,12H,3-8H2,1H3/b9-2+. The fourth-order valence-corrected chi connectivity index (χ4v) is 2.59. The Balaban J connectivity index is 2.20. The number of nitrogens with zero attached hydrogens (tertiary/aromatic N) is 1. The van der Waals surface area contributed by atoms with Crippen molar-refractivity contribution >= 4 is 0 Å². The second kappa shape index (κ2) is 2.86. The van der Waals surface area contributed by atoms with Crippen LogP contribution in [-0.4, -0.2) is 35.2 Å². The lowest BCUT2D eigenvalue weighted by molar-refractivity contribution is 0.1000. The van der Waals surface area contributed by atoms with Gasteiger partial charge in [-0.15, -0.1) is 0 Å². The number of allylic oxidation sites excluding steroid dienone is 1. The van der Waals surface area contributed by atoms with Gasteiger partial charge in [0.25, 0.3) is 0 Å². The maximum Gasteiger partial charge on any atom is 0.0618 e. The summed E-state index contributed by atoms with van der Waals surface area (Å²) in [7, 11) is 0. The molecule has 2 aliphatic rings. The van der Waals surface area contributed by atoms with Crippen molar-refractivity contribution in [2.24, 2.45) is 0 Å². The number of hydrogen-bond donors (Lipinski definition) is 1. The van der Waals surface area contributed by atoms with Crippen molar-refractivity contribution in [1.82, 2.24) is 4.90 Å². The third-order valence-electron chi connectivity index (χ3n) is 3.39. The Kier molecular flexibility index (Phi) is 1.97. The molecule has 12 heavy (non-hydrogen) atoms. The summed E-state index contributed by atoms with van der Waals surface area (Å²) in [5.74, 6) is 0. The third-order valence-corrected chi connectivity index (χ3v) is 3.39. The van der Waals surface area contributed by atoms with E-state index >= 15 is 0 Å². The average Bonchev–Trinajstić information content (AvgIpc) is 2.58. The van der Waals surface area contributed by atoms with E-state index < -0.39 is 0 Å². The van der Waals surface area contributed by atoms with Crippen LogP contribution >= 0.6 is 0 Å². The Morgan fingerprint density at radius 2 is 2.50 bits per heavy atom. The molecule has 68 valence electrons. The Labute approximate surface area is 73.9 Å². The van der Waals surface area contributed by atoms with Crippen LogP contribution in [0, 0.1) is 0 Å². The highest BCUT2D eigenvalue weighted by Crippen LogP contribution is 2.40. The predicted octanol–water partition coefficient (Wildman–Crippen LogP) is 1.16. The van der Waals surface area contributed by atoms with E-state index in [4.69, 9.17) is 0 Å². The van der Waals surface area contributed by atoms with E-state index in [1.807, 2.05) is 0 Å². The lowest BCUT2D eigenvalue weighted by atomic mass is 9.93. The molecule has 0 amide bonds. The fourth-order valence-electron chi connectivity index (χ4n) is 2.59. The molecular weight excluding hydrogens is 150 g/mol. The highest BCUT2D eigenvalue weighted by Gasteiger charge is 2.45. The molecule has 0 aromatic heterocycles. The van der Waals surface area contributed by atoms with Gasteiger partial charge in [0, 0.05) is 12.1 Å². The SMILES string of the molecule is C/C=C1/CN2CCCC2(CO)C1. The molecule has 0 bridgehead atoms. The van der Waals surface area contributed by atoms with Crippen LogP contribution in [0.4, 0.5) is 0 Å². The van der Waals surface area contributed by atoms with Gasteiger partial charge in [0.2, 0.25) is 0 Å². The van der Waals surface area contributed by atoms with Crippen LogP contribution < -0.4 is 0 Å². The van der Waals surface area contributed by atoms with E-state index in [0.717, 1.165) is 13.0 Å². The smallest absolute Gasteiger partial charge is 0.0618 e. The molecule has 0 radical (unpaired) electrons. The lowest BCUT2D eigenvalue weighted by Gasteiger charge is -2.28. The molecule has 0 aromatic carbocycles. The van der Waals surface area contributed by atoms with Crippen molar-refractivity contribution in [3.8, 4) is 0 Å². The van der Waals surface area contributed by atoms with Gasteiger partial charge in [0.05, 0.1) is 6.61 Å². The summed E-state index contributed by atoms with van der Waals surface area (Å²) in [4.78, 5) is 2.45. The maximum absolute atomic E-state index is 9.37. The first kappa shape index (κ1) is 8.27. The van der Waals surface area contributed by atoms with Crippen LogP contribution in [0.15, 0.2) is 11.6 Å². The summed E-state index contributed by atoms with van der Waals surface area (Å²) < 4.78 is 0. The van der Waals surface area contributed by atoms with E-state index in [2.05, 4.69) is 17.9 Å². The van der Waals surface area contributed by atoms with Gasteiger partial charge in [0.15, 0.2) is 0 Å².